The Bertz CT molecular complexity index is 1080. The number of fused-ring (bicyclic) bond motifs is 1. The van der Waals surface area contributed by atoms with E-state index in [0.29, 0.717) is 17.1 Å². The second-order valence-corrected chi connectivity index (χ2v) is 8.17. The summed E-state index contributed by atoms with van der Waals surface area (Å²) in [7, 11) is 0. The molecule has 0 aliphatic heterocycles. The third-order valence-corrected chi connectivity index (χ3v) is 4.50. The topological polar surface area (TPSA) is 87.0 Å². The number of rotatable bonds is 6. The van der Waals surface area contributed by atoms with Gasteiger partial charge in [0.05, 0.1) is 29.1 Å². The number of pyridine rings is 1. The molecule has 0 aliphatic rings. The molecule has 3 aromatic rings. The SMILES string of the molecule is CC(=O)c1cn(CC(=O)COC(C)(C)C)c2c(C)nc(-c3cnc(C)nc3)cc12. The van der Waals surface area contributed by atoms with Gasteiger partial charge in [-0.15, -0.1) is 0 Å². The Hall–Kier alpha value is -2.93. The van der Waals surface area contributed by atoms with Gasteiger partial charge in [0, 0.05) is 35.1 Å². The molecule has 152 valence electrons. The van der Waals surface area contributed by atoms with Crippen LogP contribution in [0.5, 0.6) is 0 Å². The summed E-state index contributed by atoms with van der Waals surface area (Å²) < 4.78 is 7.38. The van der Waals surface area contributed by atoms with Crippen molar-refractivity contribution in [2.45, 2.75) is 53.7 Å². The van der Waals surface area contributed by atoms with Crippen LogP contribution in [0, 0.1) is 13.8 Å². The van der Waals surface area contributed by atoms with Gasteiger partial charge in [0.25, 0.3) is 0 Å². The summed E-state index contributed by atoms with van der Waals surface area (Å²) >= 11 is 0. The molecule has 0 fully saturated rings. The molecule has 0 spiro atoms. The standard InChI is InChI=1S/C22H26N4O3/c1-13-21-18(7-20(25-13)16-8-23-15(3)24-9-16)19(14(2)27)11-26(21)10-17(28)12-29-22(4,5)6/h7-9,11H,10,12H2,1-6H3. The lowest BCUT2D eigenvalue weighted by Crippen LogP contribution is -2.25. The van der Waals surface area contributed by atoms with E-state index in [1.165, 1.54) is 6.92 Å². The summed E-state index contributed by atoms with van der Waals surface area (Å²) in [5.41, 5.74) is 3.15. The molecule has 3 rings (SSSR count). The van der Waals surface area contributed by atoms with Gasteiger partial charge in [-0.3, -0.25) is 14.6 Å². The van der Waals surface area contributed by atoms with Crippen molar-refractivity contribution in [3.05, 3.63) is 41.7 Å². The number of ketones is 2. The van der Waals surface area contributed by atoms with Gasteiger partial charge in [-0.1, -0.05) is 0 Å². The van der Waals surface area contributed by atoms with E-state index < -0.39 is 0 Å². The molecule has 0 amide bonds. The first-order valence-electron chi connectivity index (χ1n) is 9.51. The smallest absolute Gasteiger partial charge is 0.178 e. The van der Waals surface area contributed by atoms with E-state index in [-0.39, 0.29) is 30.3 Å². The van der Waals surface area contributed by atoms with Gasteiger partial charge in [-0.2, -0.15) is 0 Å². The first-order valence-corrected chi connectivity index (χ1v) is 9.51. The van der Waals surface area contributed by atoms with Crippen LogP contribution < -0.4 is 0 Å². The molecule has 0 saturated carbocycles. The fraction of sp³-hybridized carbons (Fsp3) is 0.409. The third-order valence-electron chi connectivity index (χ3n) is 4.50. The van der Waals surface area contributed by atoms with Gasteiger partial charge >= 0.3 is 0 Å². The lowest BCUT2D eigenvalue weighted by Gasteiger charge is -2.19. The predicted molar refractivity (Wildman–Crippen MR) is 111 cm³/mol. The van der Waals surface area contributed by atoms with E-state index in [9.17, 15) is 9.59 Å². The monoisotopic (exact) mass is 394 g/mol. The van der Waals surface area contributed by atoms with Crippen molar-refractivity contribution in [1.82, 2.24) is 19.5 Å². The molecule has 7 heteroatoms. The average molecular weight is 394 g/mol. The fourth-order valence-corrected chi connectivity index (χ4v) is 3.13. The van der Waals surface area contributed by atoms with Crippen LogP contribution in [-0.2, 0) is 16.1 Å². The van der Waals surface area contributed by atoms with E-state index in [1.807, 2.05) is 40.7 Å². The van der Waals surface area contributed by atoms with E-state index in [2.05, 4.69) is 15.0 Å². The molecule has 0 bridgehead atoms. The summed E-state index contributed by atoms with van der Waals surface area (Å²) in [6.45, 7) is 11.1. The van der Waals surface area contributed by atoms with E-state index in [4.69, 9.17) is 4.74 Å². The summed E-state index contributed by atoms with van der Waals surface area (Å²) in [5, 5.41) is 0.769. The van der Waals surface area contributed by atoms with Crippen molar-refractivity contribution in [3.8, 4) is 11.3 Å². The number of aryl methyl sites for hydroxylation is 2. The number of nitrogens with zero attached hydrogens (tertiary/aromatic N) is 4. The average Bonchev–Trinajstić information content (AvgIpc) is 2.99. The molecular weight excluding hydrogens is 368 g/mol. The molecule has 0 aromatic carbocycles. The van der Waals surface area contributed by atoms with Crippen LogP contribution in [-0.4, -0.2) is 43.3 Å². The number of Topliss-reactive ketones (excluding diaryl/α,β-unsaturated/α-hetero) is 2. The molecule has 0 atom stereocenters. The maximum Gasteiger partial charge on any atom is 0.178 e. The molecule has 7 nitrogen and oxygen atoms in total. The minimum atomic E-state index is -0.387. The zero-order chi connectivity index (χ0) is 21.3. The highest BCUT2D eigenvalue weighted by molar-refractivity contribution is 6.08. The van der Waals surface area contributed by atoms with Crippen molar-refractivity contribution in [2.75, 3.05) is 6.61 Å². The van der Waals surface area contributed by atoms with Gasteiger partial charge in [-0.25, -0.2) is 9.97 Å². The minimum Gasteiger partial charge on any atom is -0.368 e. The second kappa shape index (κ2) is 7.83. The molecule has 0 N–H and O–H groups in total. The largest absolute Gasteiger partial charge is 0.368 e. The molecule has 29 heavy (non-hydrogen) atoms. The summed E-state index contributed by atoms with van der Waals surface area (Å²) in [6.07, 6.45) is 5.16. The Balaban J connectivity index is 2.03. The number of ether oxygens (including phenoxy) is 1. The van der Waals surface area contributed by atoms with Crippen LogP contribution in [0.25, 0.3) is 22.2 Å². The quantitative estimate of drug-likeness (QED) is 0.593. The number of carbonyl (C=O) groups excluding carboxylic acids is 2. The molecular formula is C22H26N4O3. The lowest BCUT2D eigenvalue weighted by molar-refractivity contribution is -0.128. The highest BCUT2D eigenvalue weighted by Crippen LogP contribution is 2.29. The number of carbonyl (C=O) groups is 2. The van der Waals surface area contributed by atoms with Crippen molar-refractivity contribution in [1.29, 1.82) is 0 Å². The molecule has 3 aromatic heterocycles. The number of aromatic nitrogens is 4. The van der Waals surface area contributed by atoms with Crippen molar-refractivity contribution < 1.29 is 14.3 Å². The van der Waals surface area contributed by atoms with Crippen LogP contribution in [0.1, 0.15) is 49.6 Å². The van der Waals surface area contributed by atoms with Crippen LogP contribution in [0.2, 0.25) is 0 Å². The highest BCUT2D eigenvalue weighted by Gasteiger charge is 2.19. The Labute approximate surface area is 170 Å². The van der Waals surface area contributed by atoms with Gasteiger partial charge in [0.15, 0.2) is 11.6 Å². The maximum atomic E-state index is 12.4. The van der Waals surface area contributed by atoms with Gasteiger partial charge < -0.3 is 9.30 Å². The second-order valence-electron chi connectivity index (χ2n) is 8.17. The molecule has 3 heterocycles. The minimum absolute atomic E-state index is 0.0177. The zero-order valence-electron chi connectivity index (χ0n) is 17.7. The van der Waals surface area contributed by atoms with Crippen LogP contribution in [0.4, 0.5) is 0 Å². The molecule has 0 unspecified atom stereocenters. The maximum absolute atomic E-state index is 12.4. The predicted octanol–water partition coefficient (Wildman–Crippen LogP) is 3.70. The number of hydrogen-bond donors (Lipinski definition) is 0. The number of hydrogen-bond acceptors (Lipinski definition) is 6. The van der Waals surface area contributed by atoms with E-state index in [0.717, 1.165) is 22.2 Å². The first-order chi connectivity index (χ1) is 13.5. The van der Waals surface area contributed by atoms with Gasteiger partial charge in [0.2, 0.25) is 0 Å². The Morgan fingerprint density at radius 3 is 2.38 bits per heavy atom. The first kappa shape index (κ1) is 20.8. The Morgan fingerprint density at radius 2 is 1.79 bits per heavy atom. The molecule has 0 radical (unpaired) electrons. The van der Waals surface area contributed by atoms with Crippen molar-refractivity contribution in [2.24, 2.45) is 0 Å². The van der Waals surface area contributed by atoms with Gasteiger partial charge in [-0.05, 0) is 47.6 Å². The van der Waals surface area contributed by atoms with Crippen LogP contribution in [0.15, 0.2) is 24.7 Å². The normalized spacial score (nSPS) is 11.8. The Kier molecular flexibility index (Phi) is 5.61. The summed E-state index contributed by atoms with van der Waals surface area (Å²) in [6, 6.07) is 1.86. The van der Waals surface area contributed by atoms with E-state index >= 15 is 0 Å². The fourth-order valence-electron chi connectivity index (χ4n) is 3.13. The van der Waals surface area contributed by atoms with Crippen LogP contribution >= 0.6 is 0 Å². The summed E-state index contributed by atoms with van der Waals surface area (Å²) in [5.74, 6) is 0.546. The molecule has 0 saturated heterocycles. The zero-order valence-corrected chi connectivity index (χ0v) is 17.7. The highest BCUT2D eigenvalue weighted by atomic mass is 16.5. The van der Waals surface area contributed by atoms with Crippen molar-refractivity contribution >= 4 is 22.5 Å². The molecule has 0 aliphatic carbocycles. The van der Waals surface area contributed by atoms with Crippen LogP contribution in [0.3, 0.4) is 0 Å². The van der Waals surface area contributed by atoms with Crippen molar-refractivity contribution in [3.63, 3.8) is 0 Å². The third kappa shape index (κ3) is 4.74. The summed E-state index contributed by atoms with van der Waals surface area (Å²) in [4.78, 5) is 37.8. The van der Waals surface area contributed by atoms with Gasteiger partial charge in [0.1, 0.15) is 12.4 Å². The Morgan fingerprint density at radius 1 is 1.14 bits per heavy atom. The van der Waals surface area contributed by atoms with E-state index in [1.54, 1.807) is 23.2 Å². The lowest BCUT2D eigenvalue weighted by atomic mass is 10.1.